The number of hydrogen-bond acceptors (Lipinski definition) is 4. The first-order valence-electron chi connectivity index (χ1n) is 6.92. The minimum Gasteiger partial charge on any atom is -0.309 e. The predicted molar refractivity (Wildman–Crippen MR) is 88.5 cm³/mol. The summed E-state index contributed by atoms with van der Waals surface area (Å²) < 4.78 is 2.61. The van der Waals surface area contributed by atoms with E-state index in [-0.39, 0.29) is 6.54 Å². The molecule has 24 heavy (non-hydrogen) atoms. The van der Waals surface area contributed by atoms with Crippen molar-refractivity contribution in [1.29, 1.82) is 0 Å². The molecule has 8 nitrogen and oxygen atoms in total. The van der Waals surface area contributed by atoms with Gasteiger partial charge in [-0.05, 0) is 18.2 Å². The molecule has 3 aromatic rings. The molecule has 122 valence electrons. The van der Waals surface area contributed by atoms with Crippen LogP contribution in [0.2, 0.25) is 5.02 Å². The molecule has 0 aliphatic carbocycles. The molecule has 0 aliphatic heterocycles. The molecule has 2 aromatic heterocycles. The molecule has 0 bridgehead atoms. The number of aromatic amines is 1. The number of benzene rings is 1. The van der Waals surface area contributed by atoms with Gasteiger partial charge in [0.2, 0.25) is 5.91 Å². The number of hydrogen-bond donors (Lipinski definition) is 2. The molecule has 0 spiro atoms. The topological polar surface area (TPSA) is 102 Å². The van der Waals surface area contributed by atoms with Crippen molar-refractivity contribution in [2.75, 3.05) is 5.32 Å². The van der Waals surface area contributed by atoms with Crippen LogP contribution in [-0.2, 0) is 11.3 Å². The van der Waals surface area contributed by atoms with E-state index in [1.807, 2.05) is 0 Å². The lowest BCUT2D eigenvalue weighted by molar-refractivity contribution is -0.116. The fourth-order valence-electron chi connectivity index (χ4n) is 2.12. The van der Waals surface area contributed by atoms with E-state index in [4.69, 9.17) is 11.6 Å². The molecule has 0 radical (unpaired) electrons. The number of carbonyl (C=O) groups is 1. The summed E-state index contributed by atoms with van der Waals surface area (Å²) in [6.07, 6.45) is 2.79. The van der Waals surface area contributed by atoms with Crippen molar-refractivity contribution in [3.8, 4) is 5.69 Å². The van der Waals surface area contributed by atoms with E-state index in [1.54, 1.807) is 30.3 Å². The number of H-pyrrole nitrogens is 1. The van der Waals surface area contributed by atoms with E-state index in [9.17, 15) is 14.4 Å². The first-order chi connectivity index (χ1) is 11.5. The van der Waals surface area contributed by atoms with Crippen LogP contribution in [0.4, 0.5) is 5.82 Å². The highest BCUT2D eigenvalue weighted by molar-refractivity contribution is 6.30. The molecule has 0 unspecified atom stereocenters. The quantitative estimate of drug-likeness (QED) is 0.736. The van der Waals surface area contributed by atoms with Crippen LogP contribution in [0, 0.1) is 0 Å². The van der Waals surface area contributed by atoms with E-state index in [0.717, 1.165) is 4.57 Å². The Hall–Kier alpha value is -3.13. The average Bonchev–Trinajstić information content (AvgIpc) is 2.98. The van der Waals surface area contributed by atoms with Gasteiger partial charge >= 0.3 is 5.69 Å². The summed E-state index contributed by atoms with van der Waals surface area (Å²) in [4.78, 5) is 36.8. The number of amides is 1. The first kappa shape index (κ1) is 15.8. The lowest BCUT2D eigenvalue weighted by Crippen LogP contribution is -2.32. The number of halogens is 1. The molecular formula is C15H12ClN5O3. The predicted octanol–water partition coefficient (Wildman–Crippen LogP) is 1.01. The van der Waals surface area contributed by atoms with Crippen molar-refractivity contribution < 1.29 is 4.79 Å². The van der Waals surface area contributed by atoms with Crippen LogP contribution in [0.3, 0.4) is 0 Å². The van der Waals surface area contributed by atoms with Gasteiger partial charge in [-0.3, -0.25) is 19.1 Å². The van der Waals surface area contributed by atoms with E-state index in [1.165, 1.54) is 23.1 Å². The molecular weight excluding hydrogens is 334 g/mol. The van der Waals surface area contributed by atoms with Crippen LogP contribution in [0.15, 0.2) is 58.4 Å². The minimum absolute atomic E-state index is 0.240. The second kappa shape index (κ2) is 6.55. The summed E-state index contributed by atoms with van der Waals surface area (Å²) in [5, 5.41) is 7.35. The third-order valence-electron chi connectivity index (χ3n) is 3.17. The summed E-state index contributed by atoms with van der Waals surface area (Å²) in [7, 11) is 0. The summed E-state index contributed by atoms with van der Waals surface area (Å²) >= 11 is 5.96. The number of rotatable bonds is 4. The Morgan fingerprint density at radius 1 is 1.25 bits per heavy atom. The Bertz CT molecular complexity index is 1000. The van der Waals surface area contributed by atoms with Gasteiger partial charge in [0.1, 0.15) is 12.4 Å². The highest BCUT2D eigenvalue weighted by Crippen LogP contribution is 2.18. The van der Waals surface area contributed by atoms with E-state index in [0.29, 0.717) is 16.5 Å². The second-order valence-electron chi connectivity index (χ2n) is 4.89. The molecule has 9 heteroatoms. The molecule has 1 aromatic carbocycles. The summed E-state index contributed by atoms with van der Waals surface area (Å²) in [6.45, 7) is -0.240. The maximum Gasteiger partial charge on any atom is 0.328 e. The van der Waals surface area contributed by atoms with Gasteiger partial charge in [0.05, 0.1) is 11.9 Å². The third kappa shape index (κ3) is 3.44. The number of nitrogens with one attached hydrogen (secondary N) is 2. The number of anilines is 1. The maximum absolute atomic E-state index is 12.1. The van der Waals surface area contributed by atoms with Gasteiger partial charge in [0, 0.05) is 23.4 Å². The largest absolute Gasteiger partial charge is 0.328 e. The van der Waals surface area contributed by atoms with E-state index in [2.05, 4.69) is 15.4 Å². The van der Waals surface area contributed by atoms with Crippen LogP contribution >= 0.6 is 11.6 Å². The summed E-state index contributed by atoms with van der Waals surface area (Å²) in [6, 6.07) is 9.79. The van der Waals surface area contributed by atoms with Gasteiger partial charge in [0.25, 0.3) is 5.56 Å². The van der Waals surface area contributed by atoms with Gasteiger partial charge in [-0.25, -0.2) is 9.48 Å². The standard InChI is InChI=1S/C15H12ClN5O3/c16-10-2-1-3-11(8-10)21-12(4-6-17-21)18-14(23)9-20-7-5-13(22)19-15(20)24/h1-8H,9H2,(H,18,23)(H,19,22,24). The van der Waals surface area contributed by atoms with Crippen molar-refractivity contribution in [3.05, 3.63) is 74.7 Å². The van der Waals surface area contributed by atoms with E-state index >= 15 is 0 Å². The second-order valence-corrected chi connectivity index (χ2v) is 5.33. The van der Waals surface area contributed by atoms with Gasteiger partial charge < -0.3 is 5.32 Å². The SMILES string of the molecule is O=C(Cn1ccc(=O)[nH]c1=O)Nc1ccnn1-c1cccc(Cl)c1. The zero-order valence-electron chi connectivity index (χ0n) is 12.3. The smallest absolute Gasteiger partial charge is 0.309 e. The Kier molecular flexibility index (Phi) is 4.30. The Morgan fingerprint density at radius 2 is 2.08 bits per heavy atom. The molecule has 0 saturated carbocycles. The summed E-state index contributed by atoms with van der Waals surface area (Å²) in [5.74, 6) is -0.00679. The van der Waals surface area contributed by atoms with Gasteiger partial charge in [-0.1, -0.05) is 17.7 Å². The van der Waals surface area contributed by atoms with E-state index < -0.39 is 17.2 Å². The lowest BCUT2D eigenvalue weighted by Gasteiger charge is -2.10. The molecule has 0 atom stereocenters. The highest BCUT2D eigenvalue weighted by atomic mass is 35.5. The molecule has 0 fully saturated rings. The van der Waals surface area contributed by atoms with Crippen molar-refractivity contribution in [2.45, 2.75) is 6.54 Å². The molecule has 2 heterocycles. The average molecular weight is 346 g/mol. The zero-order chi connectivity index (χ0) is 17.1. The van der Waals surface area contributed by atoms with Crippen LogP contribution in [0.1, 0.15) is 0 Å². The Labute approximate surface area is 140 Å². The first-order valence-corrected chi connectivity index (χ1v) is 7.30. The number of aromatic nitrogens is 4. The normalized spacial score (nSPS) is 10.5. The van der Waals surface area contributed by atoms with Gasteiger partial charge in [-0.15, -0.1) is 0 Å². The number of carbonyl (C=O) groups excluding carboxylic acids is 1. The van der Waals surface area contributed by atoms with Crippen molar-refractivity contribution in [3.63, 3.8) is 0 Å². The van der Waals surface area contributed by atoms with Crippen LogP contribution in [-0.4, -0.2) is 25.2 Å². The Balaban J connectivity index is 1.80. The fourth-order valence-corrected chi connectivity index (χ4v) is 2.30. The van der Waals surface area contributed by atoms with Crippen molar-refractivity contribution in [1.82, 2.24) is 19.3 Å². The monoisotopic (exact) mass is 345 g/mol. The maximum atomic E-state index is 12.1. The molecule has 1 amide bonds. The van der Waals surface area contributed by atoms with Crippen LogP contribution in [0.5, 0.6) is 0 Å². The van der Waals surface area contributed by atoms with Crippen LogP contribution in [0.25, 0.3) is 5.69 Å². The van der Waals surface area contributed by atoms with Gasteiger partial charge in [-0.2, -0.15) is 5.10 Å². The Morgan fingerprint density at radius 3 is 2.83 bits per heavy atom. The molecule has 0 saturated heterocycles. The van der Waals surface area contributed by atoms with Crippen molar-refractivity contribution >= 4 is 23.3 Å². The zero-order valence-corrected chi connectivity index (χ0v) is 13.0. The minimum atomic E-state index is -0.652. The lowest BCUT2D eigenvalue weighted by atomic mass is 10.3. The number of nitrogens with zero attached hydrogens (tertiary/aromatic N) is 3. The summed E-state index contributed by atoms with van der Waals surface area (Å²) in [5.41, 5.74) is -0.485. The molecule has 3 rings (SSSR count). The van der Waals surface area contributed by atoms with Crippen LogP contribution < -0.4 is 16.6 Å². The van der Waals surface area contributed by atoms with Gasteiger partial charge in [0.15, 0.2) is 0 Å². The fraction of sp³-hybridized carbons (Fsp3) is 0.0667. The van der Waals surface area contributed by atoms with Crippen molar-refractivity contribution in [2.24, 2.45) is 0 Å². The molecule has 2 N–H and O–H groups in total. The highest BCUT2D eigenvalue weighted by Gasteiger charge is 2.10. The third-order valence-corrected chi connectivity index (χ3v) is 3.41. The molecule has 0 aliphatic rings.